The van der Waals surface area contributed by atoms with E-state index in [0.717, 1.165) is 0 Å². The molecule has 1 fully saturated rings. The van der Waals surface area contributed by atoms with Crippen LogP contribution in [-0.4, -0.2) is 63.1 Å². The Bertz CT molecular complexity index is 922. The van der Waals surface area contributed by atoms with Gasteiger partial charge in [-0.15, -0.1) is 5.06 Å². The van der Waals surface area contributed by atoms with Gasteiger partial charge in [-0.25, -0.2) is 14.8 Å². The number of nitrogens with one attached hydrogen (secondary N) is 2. The fourth-order valence-electron chi connectivity index (χ4n) is 3.22. The van der Waals surface area contributed by atoms with Gasteiger partial charge in [-0.1, -0.05) is 23.5 Å². The number of aliphatic hydroxyl groups is 1. The first-order chi connectivity index (χ1) is 13.6. The molecule has 0 spiro atoms. The molecule has 148 valence electrons. The third kappa shape index (κ3) is 3.77. The first-order valence-corrected chi connectivity index (χ1v) is 9.60. The predicted octanol–water partition coefficient (Wildman–Crippen LogP) is 1.43. The van der Waals surface area contributed by atoms with Gasteiger partial charge in [0.25, 0.3) is 0 Å². The van der Waals surface area contributed by atoms with Crippen molar-refractivity contribution in [2.45, 2.75) is 24.5 Å². The van der Waals surface area contributed by atoms with E-state index in [-0.39, 0.29) is 6.04 Å². The van der Waals surface area contributed by atoms with Crippen LogP contribution in [0.2, 0.25) is 0 Å². The smallest absolute Gasteiger partial charge is 0.432 e. The molecule has 1 amide bonds. The summed E-state index contributed by atoms with van der Waals surface area (Å²) in [6.07, 6.45) is 9.23. The van der Waals surface area contributed by atoms with Crippen LogP contribution in [0.25, 0.3) is 10.3 Å². The van der Waals surface area contributed by atoms with E-state index in [1.807, 2.05) is 24.4 Å². The van der Waals surface area contributed by atoms with Crippen LogP contribution in [0.1, 0.15) is 12.8 Å². The zero-order chi connectivity index (χ0) is 19.6. The van der Waals surface area contributed by atoms with E-state index < -0.39 is 11.7 Å². The predicted molar refractivity (Wildman–Crippen MR) is 103 cm³/mol. The van der Waals surface area contributed by atoms with Gasteiger partial charge in [-0.3, -0.25) is 5.32 Å². The van der Waals surface area contributed by atoms with Crippen LogP contribution in [0.15, 0.2) is 30.8 Å². The van der Waals surface area contributed by atoms with E-state index in [1.54, 1.807) is 5.06 Å². The van der Waals surface area contributed by atoms with Crippen molar-refractivity contribution in [2.75, 3.05) is 25.5 Å². The van der Waals surface area contributed by atoms with Crippen LogP contribution >= 0.6 is 11.3 Å². The van der Waals surface area contributed by atoms with E-state index in [9.17, 15) is 9.90 Å². The number of dihydropyridines is 1. The molecule has 1 unspecified atom stereocenters. The summed E-state index contributed by atoms with van der Waals surface area (Å²) < 4.78 is 5.14. The van der Waals surface area contributed by atoms with Crippen molar-refractivity contribution in [2.24, 2.45) is 0 Å². The maximum Gasteiger partial charge on any atom is 0.432 e. The number of nitrogens with zero attached hydrogens (tertiary/aromatic N) is 4. The molecular weight excluding hydrogens is 384 g/mol. The Morgan fingerprint density at radius 1 is 1.39 bits per heavy atom. The molecular formula is C17H20N6O4S. The van der Waals surface area contributed by atoms with Crippen molar-refractivity contribution in [3.05, 3.63) is 30.8 Å². The number of carbonyl (C=O) groups excluding carboxylic acids is 1. The van der Waals surface area contributed by atoms with E-state index in [0.29, 0.717) is 47.3 Å². The van der Waals surface area contributed by atoms with Crippen LogP contribution in [0.3, 0.4) is 0 Å². The van der Waals surface area contributed by atoms with Crippen molar-refractivity contribution >= 4 is 32.9 Å². The first-order valence-electron chi connectivity index (χ1n) is 8.78. The minimum absolute atomic E-state index is 0.146. The average molecular weight is 404 g/mol. The monoisotopic (exact) mass is 404 g/mol. The molecule has 3 N–H and O–H groups in total. The molecule has 4 heterocycles. The SMILES string of the molecule is COc1ncnc2sc(NC(=O)ON3CCC(O)(C4C=CC=CN4)CC3)nc12. The lowest BCUT2D eigenvalue weighted by Gasteiger charge is -2.41. The van der Waals surface area contributed by atoms with Gasteiger partial charge in [0, 0.05) is 13.1 Å². The fraction of sp³-hybridized carbons (Fsp3) is 0.412. The Morgan fingerprint density at radius 3 is 2.93 bits per heavy atom. The summed E-state index contributed by atoms with van der Waals surface area (Å²) in [5, 5.41) is 18.5. The van der Waals surface area contributed by atoms with Crippen LogP contribution in [-0.2, 0) is 4.84 Å². The Labute approximate surface area is 164 Å². The topological polar surface area (TPSA) is 122 Å². The molecule has 10 nitrogen and oxygen atoms in total. The molecule has 1 saturated heterocycles. The van der Waals surface area contributed by atoms with Gasteiger partial charge >= 0.3 is 6.09 Å². The Morgan fingerprint density at radius 2 is 2.21 bits per heavy atom. The lowest BCUT2D eigenvalue weighted by Crippen LogP contribution is -2.55. The zero-order valence-corrected chi connectivity index (χ0v) is 16.0. The number of piperidine rings is 1. The summed E-state index contributed by atoms with van der Waals surface area (Å²) in [6, 6.07) is -0.146. The van der Waals surface area contributed by atoms with Crippen molar-refractivity contribution in [3.63, 3.8) is 0 Å². The third-order valence-electron chi connectivity index (χ3n) is 4.73. The largest absolute Gasteiger partial charge is 0.479 e. The number of hydrogen-bond donors (Lipinski definition) is 3. The van der Waals surface area contributed by atoms with Gasteiger partial charge in [0.05, 0.1) is 18.8 Å². The van der Waals surface area contributed by atoms with Gasteiger partial charge in [0.1, 0.15) is 6.33 Å². The first kappa shape index (κ1) is 18.6. The molecule has 1 atom stereocenters. The summed E-state index contributed by atoms with van der Waals surface area (Å²) in [5.41, 5.74) is -0.393. The molecule has 28 heavy (non-hydrogen) atoms. The van der Waals surface area contributed by atoms with E-state index in [2.05, 4.69) is 25.6 Å². The second-order valence-corrected chi connectivity index (χ2v) is 7.46. The van der Waals surface area contributed by atoms with Crippen LogP contribution < -0.4 is 15.4 Å². The van der Waals surface area contributed by atoms with Crippen LogP contribution in [0, 0.1) is 0 Å². The molecule has 2 aliphatic rings. The number of aromatic nitrogens is 3. The second-order valence-electron chi connectivity index (χ2n) is 6.48. The Balaban J connectivity index is 1.32. The highest BCUT2D eigenvalue weighted by Gasteiger charge is 2.39. The van der Waals surface area contributed by atoms with E-state index in [4.69, 9.17) is 9.57 Å². The highest BCUT2D eigenvalue weighted by atomic mass is 32.1. The summed E-state index contributed by atoms with van der Waals surface area (Å²) in [5.74, 6) is 0.346. The normalized spacial score (nSPS) is 21.3. The van der Waals surface area contributed by atoms with Crippen LogP contribution in [0.5, 0.6) is 5.88 Å². The summed E-state index contributed by atoms with van der Waals surface area (Å²) in [4.78, 5) is 30.5. The van der Waals surface area contributed by atoms with Crippen molar-refractivity contribution in [1.29, 1.82) is 0 Å². The number of rotatable bonds is 4. The Hall–Kier alpha value is -2.76. The molecule has 0 saturated carbocycles. The van der Waals surface area contributed by atoms with Gasteiger partial charge in [0.15, 0.2) is 15.5 Å². The number of hydrogen-bond acceptors (Lipinski definition) is 10. The molecule has 0 bridgehead atoms. The lowest BCUT2D eigenvalue weighted by molar-refractivity contribution is -0.149. The lowest BCUT2D eigenvalue weighted by atomic mass is 9.84. The van der Waals surface area contributed by atoms with Crippen molar-refractivity contribution in [1.82, 2.24) is 25.3 Å². The van der Waals surface area contributed by atoms with Crippen molar-refractivity contribution in [3.8, 4) is 5.88 Å². The van der Waals surface area contributed by atoms with Gasteiger partial charge in [0.2, 0.25) is 5.88 Å². The quantitative estimate of drug-likeness (QED) is 0.694. The molecule has 2 aliphatic heterocycles. The van der Waals surface area contributed by atoms with Gasteiger partial charge < -0.3 is 20.0 Å². The zero-order valence-electron chi connectivity index (χ0n) is 15.2. The number of methoxy groups -OCH3 is 1. The maximum absolute atomic E-state index is 12.2. The number of thiazole rings is 1. The van der Waals surface area contributed by atoms with Gasteiger partial charge in [-0.05, 0) is 25.1 Å². The molecule has 11 heteroatoms. The molecule has 4 rings (SSSR count). The minimum atomic E-state index is -0.875. The van der Waals surface area contributed by atoms with Crippen molar-refractivity contribution < 1.29 is 19.5 Å². The van der Waals surface area contributed by atoms with E-state index in [1.165, 1.54) is 24.8 Å². The molecule has 2 aromatic heterocycles. The summed E-state index contributed by atoms with van der Waals surface area (Å²) in [6.45, 7) is 0.859. The minimum Gasteiger partial charge on any atom is -0.479 e. The number of carbonyl (C=O) groups is 1. The highest BCUT2D eigenvalue weighted by Crippen LogP contribution is 2.30. The molecule has 0 radical (unpaired) electrons. The maximum atomic E-state index is 12.2. The third-order valence-corrected chi connectivity index (χ3v) is 5.61. The summed E-state index contributed by atoms with van der Waals surface area (Å²) in [7, 11) is 1.49. The number of allylic oxidation sites excluding steroid dienone is 2. The number of hydroxylamine groups is 2. The molecule has 0 aliphatic carbocycles. The van der Waals surface area contributed by atoms with E-state index >= 15 is 0 Å². The fourth-order valence-corrected chi connectivity index (χ4v) is 4.00. The number of fused-ring (bicyclic) bond motifs is 1. The number of ether oxygens (including phenoxy) is 1. The standard InChI is InChI=1S/C17H20N6O4S/c1-26-13-12-14(20-10-19-13)28-15(21-12)22-16(24)27-23-8-5-17(25,6-9-23)11-4-2-3-7-18-11/h2-4,7,10-11,18,25H,5-6,8-9H2,1H3,(H,21,22,24). The van der Waals surface area contributed by atoms with Crippen LogP contribution in [0.4, 0.5) is 9.93 Å². The Kier molecular flexibility index (Phi) is 5.11. The molecule has 2 aromatic rings. The average Bonchev–Trinajstić information content (AvgIpc) is 3.12. The highest BCUT2D eigenvalue weighted by molar-refractivity contribution is 7.22. The van der Waals surface area contributed by atoms with Gasteiger partial charge in [-0.2, -0.15) is 4.98 Å². The summed E-state index contributed by atoms with van der Waals surface area (Å²) >= 11 is 1.20. The number of anilines is 1. The second kappa shape index (κ2) is 7.70. The molecule has 0 aromatic carbocycles. The number of amides is 1.